The van der Waals surface area contributed by atoms with Gasteiger partial charge in [-0.25, -0.2) is 0 Å². The molecule has 0 amide bonds. The Hall–Kier alpha value is -2.86. The highest BCUT2D eigenvalue weighted by atomic mass is 32.1. The predicted molar refractivity (Wildman–Crippen MR) is 104 cm³/mol. The van der Waals surface area contributed by atoms with Crippen molar-refractivity contribution in [1.29, 1.82) is 0 Å². The van der Waals surface area contributed by atoms with Gasteiger partial charge in [0.25, 0.3) is 5.56 Å². The van der Waals surface area contributed by atoms with Crippen LogP contribution in [0.4, 0.5) is 0 Å². The lowest BCUT2D eigenvalue weighted by molar-refractivity contribution is 0.242. The first-order valence-electron chi connectivity index (χ1n) is 8.34. The van der Waals surface area contributed by atoms with E-state index in [0.29, 0.717) is 5.69 Å². The Kier molecular flexibility index (Phi) is 5.23. The van der Waals surface area contributed by atoms with Crippen molar-refractivity contribution < 1.29 is 9.84 Å². The number of aromatic nitrogens is 2. The fraction of sp³-hybridized carbons (Fsp3) is 0.200. The highest BCUT2D eigenvalue weighted by Crippen LogP contribution is 2.22. The number of hydrogen-bond acceptors (Lipinski definition) is 4. The number of hydrogen-bond donors (Lipinski definition) is 2. The van der Waals surface area contributed by atoms with Crippen LogP contribution in [0.15, 0.2) is 59.4 Å². The molecule has 26 heavy (non-hydrogen) atoms. The van der Waals surface area contributed by atoms with E-state index in [0.717, 1.165) is 11.3 Å². The van der Waals surface area contributed by atoms with E-state index in [1.807, 2.05) is 68.4 Å². The number of aromatic hydroxyl groups is 1. The fourth-order valence-corrected chi connectivity index (χ4v) is 2.98. The van der Waals surface area contributed by atoms with Gasteiger partial charge in [-0.05, 0) is 55.9 Å². The first kappa shape index (κ1) is 17.9. The van der Waals surface area contributed by atoms with Crippen molar-refractivity contribution in [2.75, 3.05) is 0 Å². The number of nitrogens with zero attached hydrogens (tertiary/aromatic N) is 1. The van der Waals surface area contributed by atoms with Gasteiger partial charge in [-0.3, -0.25) is 14.3 Å². The number of para-hydroxylation sites is 1. The minimum Gasteiger partial charge on any atom is -0.494 e. The SMILES string of the molecule is CC(C)Oc1ccc(Cc2c(O)n(-c3ccccc3)c(=S)[nH]c2=O)cc1. The minimum atomic E-state index is -0.387. The van der Waals surface area contributed by atoms with Gasteiger partial charge in [0.1, 0.15) is 5.75 Å². The van der Waals surface area contributed by atoms with E-state index in [-0.39, 0.29) is 34.3 Å². The van der Waals surface area contributed by atoms with Crippen LogP contribution in [0.5, 0.6) is 11.6 Å². The van der Waals surface area contributed by atoms with Gasteiger partial charge in [-0.1, -0.05) is 30.3 Å². The molecule has 5 nitrogen and oxygen atoms in total. The predicted octanol–water partition coefficient (Wildman–Crippen LogP) is 3.98. The molecule has 6 heteroatoms. The van der Waals surface area contributed by atoms with Gasteiger partial charge in [0.05, 0.1) is 17.4 Å². The van der Waals surface area contributed by atoms with E-state index >= 15 is 0 Å². The smallest absolute Gasteiger partial charge is 0.259 e. The van der Waals surface area contributed by atoms with Crippen LogP contribution in [0.1, 0.15) is 25.0 Å². The summed E-state index contributed by atoms with van der Waals surface area (Å²) in [6, 6.07) is 16.7. The molecule has 0 saturated heterocycles. The summed E-state index contributed by atoms with van der Waals surface area (Å²) < 4.78 is 7.24. The van der Waals surface area contributed by atoms with Crippen LogP contribution >= 0.6 is 12.2 Å². The Morgan fingerprint density at radius 2 is 1.77 bits per heavy atom. The molecule has 0 bridgehead atoms. The normalized spacial score (nSPS) is 10.9. The third-order valence-electron chi connectivity index (χ3n) is 3.87. The van der Waals surface area contributed by atoms with Crippen molar-refractivity contribution in [2.45, 2.75) is 26.4 Å². The number of rotatable bonds is 5. The van der Waals surface area contributed by atoms with E-state index in [9.17, 15) is 9.90 Å². The standard InChI is InChI=1S/C20H20N2O3S/c1-13(2)25-16-10-8-14(9-11-16)12-17-18(23)21-20(26)22(19(17)24)15-6-4-3-5-7-15/h3-11,13,24H,12H2,1-2H3,(H,21,23,26). The van der Waals surface area contributed by atoms with Crippen molar-refractivity contribution in [3.63, 3.8) is 0 Å². The summed E-state index contributed by atoms with van der Waals surface area (Å²) in [5.74, 6) is 0.620. The van der Waals surface area contributed by atoms with Gasteiger partial charge in [0.2, 0.25) is 5.88 Å². The van der Waals surface area contributed by atoms with Crippen molar-refractivity contribution >= 4 is 12.2 Å². The quantitative estimate of drug-likeness (QED) is 0.669. The largest absolute Gasteiger partial charge is 0.494 e. The van der Waals surface area contributed by atoms with E-state index < -0.39 is 0 Å². The van der Waals surface area contributed by atoms with Gasteiger partial charge < -0.3 is 9.84 Å². The molecule has 0 spiro atoms. The minimum absolute atomic E-state index is 0.0946. The molecular formula is C20H20N2O3S. The lowest BCUT2D eigenvalue weighted by Gasteiger charge is -2.13. The highest BCUT2D eigenvalue weighted by Gasteiger charge is 2.14. The van der Waals surface area contributed by atoms with Crippen LogP contribution in [-0.4, -0.2) is 20.8 Å². The Morgan fingerprint density at radius 1 is 1.12 bits per heavy atom. The van der Waals surface area contributed by atoms with E-state index in [4.69, 9.17) is 17.0 Å². The molecule has 0 saturated carbocycles. The average molecular weight is 368 g/mol. The molecule has 3 aromatic rings. The molecule has 3 rings (SSSR count). The summed E-state index contributed by atoms with van der Waals surface area (Å²) in [7, 11) is 0. The summed E-state index contributed by atoms with van der Waals surface area (Å²) in [5, 5.41) is 10.7. The number of H-pyrrole nitrogens is 1. The molecule has 0 atom stereocenters. The molecule has 2 aromatic carbocycles. The second kappa shape index (κ2) is 7.58. The molecule has 1 heterocycles. The monoisotopic (exact) mass is 368 g/mol. The second-order valence-electron chi connectivity index (χ2n) is 6.22. The summed E-state index contributed by atoms with van der Waals surface area (Å²) in [4.78, 5) is 15.0. The Balaban J connectivity index is 1.98. The van der Waals surface area contributed by atoms with Gasteiger partial charge in [-0.15, -0.1) is 0 Å². The molecule has 134 valence electrons. The van der Waals surface area contributed by atoms with E-state index in [1.54, 1.807) is 0 Å². The van der Waals surface area contributed by atoms with Gasteiger partial charge in [-0.2, -0.15) is 0 Å². The maximum absolute atomic E-state index is 12.3. The van der Waals surface area contributed by atoms with Crippen molar-refractivity contribution in [2.24, 2.45) is 0 Å². The van der Waals surface area contributed by atoms with Crippen molar-refractivity contribution in [1.82, 2.24) is 9.55 Å². The maximum atomic E-state index is 12.3. The summed E-state index contributed by atoms with van der Waals surface area (Å²) in [6.07, 6.45) is 0.378. The summed E-state index contributed by atoms with van der Waals surface area (Å²) >= 11 is 5.22. The maximum Gasteiger partial charge on any atom is 0.259 e. The molecule has 0 radical (unpaired) electrons. The lowest BCUT2D eigenvalue weighted by Crippen LogP contribution is -2.18. The van der Waals surface area contributed by atoms with Crippen LogP contribution in [0.3, 0.4) is 0 Å². The van der Waals surface area contributed by atoms with Gasteiger partial charge in [0, 0.05) is 6.42 Å². The Bertz CT molecular complexity index is 1010. The molecule has 0 aliphatic carbocycles. The molecule has 0 unspecified atom stereocenters. The number of ether oxygens (including phenoxy) is 1. The molecule has 1 aromatic heterocycles. The fourth-order valence-electron chi connectivity index (χ4n) is 2.70. The lowest BCUT2D eigenvalue weighted by atomic mass is 10.1. The zero-order valence-corrected chi connectivity index (χ0v) is 15.4. The Morgan fingerprint density at radius 3 is 2.38 bits per heavy atom. The van der Waals surface area contributed by atoms with Crippen LogP contribution < -0.4 is 10.3 Å². The van der Waals surface area contributed by atoms with Crippen LogP contribution in [0.25, 0.3) is 5.69 Å². The van der Waals surface area contributed by atoms with Gasteiger partial charge >= 0.3 is 0 Å². The van der Waals surface area contributed by atoms with Crippen molar-refractivity contribution in [3.05, 3.63) is 80.8 Å². The molecular weight excluding hydrogens is 348 g/mol. The summed E-state index contributed by atoms with van der Waals surface area (Å²) in [6.45, 7) is 3.92. The first-order chi connectivity index (χ1) is 12.5. The molecule has 2 N–H and O–H groups in total. The topological polar surface area (TPSA) is 67.2 Å². The number of nitrogens with one attached hydrogen (secondary N) is 1. The van der Waals surface area contributed by atoms with Crippen LogP contribution in [-0.2, 0) is 6.42 Å². The average Bonchev–Trinajstić information content (AvgIpc) is 2.60. The van der Waals surface area contributed by atoms with E-state index in [1.165, 1.54) is 4.57 Å². The third-order valence-corrected chi connectivity index (χ3v) is 4.15. The number of aromatic amines is 1. The van der Waals surface area contributed by atoms with Crippen LogP contribution in [0.2, 0.25) is 0 Å². The van der Waals surface area contributed by atoms with Crippen LogP contribution in [0, 0.1) is 4.77 Å². The zero-order valence-electron chi connectivity index (χ0n) is 14.6. The van der Waals surface area contributed by atoms with Gasteiger partial charge in [0.15, 0.2) is 4.77 Å². The zero-order chi connectivity index (χ0) is 18.7. The highest BCUT2D eigenvalue weighted by molar-refractivity contribution is 7.71. The molecule has 0 aliphatic heterocycles. The molecule has 0 fully saturated rings. The Labute approximate surface area is 156 Å². The first-order valence-corrected chi connectivity index (χ1v) is 8.74. The molecule has 0 aliphatic rings. The number of benzene rings is 2. The van der Waals surface area contributed by atoms with E-state index in [2.05, 4.69) is 4.98 Å². The van der Waals surface area contributed by atoms with Crippen molar-refractivity contribution in [3.8, 4) is 17.3 Å². The third kappa shape index (κ3) is 3.86. The second-order valence-corrected chi connectivity index (χ2v) is 6.61. The summed E-state index contributed by atoms with van der Waals surface area (Å²) in [5.41, 5.74) is 1.45.